The summed E-state index contributed by atoms with van der Waals surface area (Å²) in [6.07, 6.45) is 2.48. The summed E-state index contributed by atoms with van der Waals surface area (Å²) in [5.41, 5.74) is 0.607. The molecule has 0 bridgehead atoms. The zero-order chi connectivity index (χ0) is 14.9. The molecular weight excluding hydrogens is 304 g/mol. The molecule has 0 atom stereocenters. The topological polar surface area (TPSA) is 59.6 Å². The quantitative estimate of drug-likeness (QED) is 0.644. The highest BCUT2D eigenvalue weighted by Crippen LogP contribution is 2.30. The molecule has 1 aliphatic rings. The minimum atomic E-state index is -0.0880. The molecule has 1 aromatic carbocycles. The van der Waals surface area contributed by atoms with E-state index in [1.165, 1.54) is 12.8 Å². The molecule has 1 fully saturated rings. The summed E-state index contributed by atoms with van der Waals surface area (Å²) >= 11 is 0. The highest BCUT2D eigenvalue weighted by molar-refractivity contribution is 5.96. The Morgan fingerprint density at radius 1 is 1.23 bits per heavy atom. The zero-order valence-corrected chi connectivity index (χ0v) is 13.8. The minimum Gasteiger partial charge on any atom is -0.492 e. The molecule has 124 valence electrons. The van der Waals surface area contributed by atoms with Crippen LogP contribution >= 0.6 is 12.4 Å². The van der Waals surface area contributed by atoms with Gasteiger partial charge in [-0.15, -0.1) is 12.4 Å². The first-order chi connectivity index (χ1) is 10.3. The fourth-order valence-corrected chi connectivity index (χ4v) is 1.93. The molecule has 0 saturated heterocycles. The largest absolute Gasteiger partial charge is 0.492 e. The highest BCUT2D eigenvalue weighted by Gasteiger charge is 2.22. The smallest absolute Gasteiger partial charge is 0.255 e. The van der Waals surface area contributed by atoms with Gasteiger partial charge in [0.2, 0.25) is 0 Å². The first-order valence-corrected chi connectivity index (χ1v) is 7.51. The Morgan fingerprint density at radius 2 is 2.00 bits per heavy atom. The van der Waals surface area contributed by atoms with E-state index in [0.717, 1.165) is 13.1 Å². The molecule has 1 aliphatic carbocycles. The summed E-state index contributed by atoms with van der Waals surface area (Å²) in [5.74, 6) is 1.26. The van der Waals surface area contributed by atoms with Crippen molar-refractivity contribution in [3.63, 3.8) is 0 Å². The van der Waals surface area contributed by atoms with Crippen molar-refractivity contribution >= 4 is 18.3 Å². The lowest BCUT2D eigenvalue weighted by molar-refractivity contribution is 0.0949. The van der Waals surface area contributed by atoms with E-state index in [4.69, 9.17) is 9.47 Å². The van der Waals surface area contributed by atoms with Gasteiger partial charge in [-0.05, 0) is 30.9 Å². The highest BCUT2D eigenvalue weighted by atomic mass is 35.5. The third kappa shape index (κ3) is 6.64. The number of carbonyl (C=O) groups excluding carboxylic acids is 1. The Balaban J connectivity index is 0.00000242. The van der Waals surface area contributed by atoms with Gasteiger partial charge >= 0.3 is 0 Å². The monoisotopic (exact) mass is 328 g/mol. The summed E-state index contributed by atoms with van der Waals surface area (Å²) in [5, 5.41) is 6.08. The van der Waals surface area contributed by atoms with Crippen LogP contribution in [0.5, 0.6) is 5.75 Å². The van der Waals surface area contributed by atoms with Crippen molar-refractivity contribution in [2.75, 3.05) is 40.0 Å². The van der Waals surface area contributed by atoms with E-state index in [2.05, 4.69) is 10.6 Å². The number of carbonyl (C=O) groups is 1. The predicted octanol–water partition coefficient (Wildman–Crippen LogP) is 1.86. The van der Waals surface area contributed by atoms with Gasteiger partial charge in [-0.1, -0.05) is 12.1 Å². The number of hydrogen-bond acceptors (Lipinski definition) is 4. The molecule has 2 rings (SSSR count). The Kier molecular flexibility index (Phi) is 8.89. The fourth-order valence-electron chi connectivity index (χ4n) is 1.93. The third-order valence-corrected chi connectivity index (χ3v) is 3.37. The maximum Gasteiger partial charge on any atom is 0.255 e. The number of ether oxygens (including phenoxy) is 2. The molecule has 0 heterocycles. The third-order valence-electron chi connectivity index (χ3n) is 3.37. The van der Waals surface area contributed by atoms with Crippen molar-refractivity contribution in [2.45, 2.75) is 12.8 Å². The molecule has 2 N–H and O–H groups in total. The number of rotatable bonds is 10. The van der Waals surface area contributed by atoms with E-state index in [0.29, 0.717) is 37.0 Å². The van der Waals surface area contributed by atoms with Gasteiger partial charge in [-0.25, -0.2) is 0 Å². The molecule has 0 spiro atoms. The zero-order valence-electron chi connectivity index (χ0n) is 13.0. The van der Waals surface area contributed by atoms with Gasteiger partial charge in [0.25, 0.3) is 5.91 Å². The average Bonchev–Trinajstić information content (AvgIpc) is 3.33. The summed E-state index contributed by atoms with van der Waals surface area (Å²) < 4.78 is 10.7. The Morgan fingerprint density at radius 3 is 2.73 bits per heavy atom. The van der Waals surface area contributed by atoms with Crippen molar-refractivity contribution in [3.8, 4) is 5.75 Å². The molecule has 1 aromatic rings. The Labute approximate surface area is 138 Å². The Hall–Kier alpha value is -1.30. The fraction of sp³-hybridized carbons (Fsp3) is 0.562. The van der Waals surface area contributed by atoms with Crippen LogP contribution in [0.15, 0.2) is 24.3 Å². The Bertz CT molecular complexity index is 453. The second-order valence-corrected chi connectivity index (χ2v) is 5.25. The van der Waals surface area contributed by atoms with Crippen molar-refractivity contribution in [2.24, 2.45) is 5.92 Å². The molecule has 1 amide bonds. The lowest BCUT2D eigenvalue weighted by atomic mass is 10.2. The summed E-state index contributed by atoms with van der Waals surface area (Å²) in [4.78, 5) is 12.2. The lowest BCUT2D eigenvalue weighted by Gasteiger charge is -2.11. The minimum absolute atomic E-state index is 0. The van der Waals surface area contributed by atoms with Crippen LogP contribution in [0.4, 0.5) is 0 Å². The van der Waals surface area contributed by atoms with Gasteiger partial charge in [0.05, 0.1) is 18.8 Å². The average molecular weight is 329 g/mol. The second kappa shape index (κ2) is 10.4. The van der Waals surface area contributed by atoms with Crippen LogP contribution in [0.1, 0.15) is 23.2 Å². The van der Waals surface area contributed by atoms with Crippen LogP contribution in [-0.2, 0) is 4.74 Å². The van der Waals surface area contributed by atoms with Gasteiger partial charge in [-0.3, -0.25) is 4.79 Å². The van der Waals surface area contributed by atoms with Gasteiger partial charge < -0.3 is 20.1 Å². The van der Waals surface area contributed by atoms with E-state index in [9.17, 15) is 4.79 Å². The van der Waals surface area contributed by atoms with Crippen LogP contribution in [0.2, 0.25) is 0 Å². The van der Waals surface area contributed by atoms with Gasteiger partial charge in [0.15, 0.2) is 0 Å². The second-order valence-electron chi connectivity index (χ2n) is 5.25. The van der Waals surface area contributed by atoms with Gasteiger partial charge in [0.1, 0.15) is 5.75 Å². The first-order valence-electron chi connectivity index (χ1n) is 7.51. The molecular formula is C16H25ClN2O3. The van der Waals surface area contributed by atoms with E-state index >= 15 is 0 Å². The number of para-hydroxylation sites is 1. The number of hydrogen-bond donors (Lipinski definition) is 2. The van der Waals surface area contributed by atoms with Crippen LogP contribution < -0.4 is 15.4 Å². The van der Waals surface area contributed by atoms with Crippen molar-refractivity contribution in [1.29, 1.82) is 0 Å². The normalized spacial score (nSPS) is 13.3. The maximum atomic E-state index is 12.2. The number of benzene rings is 1. The van der Waals surface area contributed by atoms with E-state index in [1.54, 1.807) is 13.2 Å². The number of nitrogens with one attached hydrogen (secondary N) is 2. The molecule has 6 heteroatoms. The lowest BCUT2D eigenvalue weighted by Crippen LogP contribution is -2.33. The molecule has 0 aliphatic heterocycles. The maximum absolute atomic E-state index is 12.2. The van der Waals surface area contributed by atoms with Crippen LogP contribution in [0.3, 0.4) is 0 Å². The SMILES string of the molecule is COCCNCCNC(=O)c1ccccc1OCC1CC1.Cl. The molecule has 0 aromatic heterocycles. The van der Waals surface area contributed by atoms with Crippen molar-refractivity contribution in [1.82, 2.24) is 10.6 Å². The molecule has 22 heavy (non-hydrogen) atoms. The number of amides is 1. The van der Waals surface area contributed by atoms with Gasteiger partial charge in [-0.2, -0.15) is 0 Å². The van der Waals surface area contributed by atoms with E-state index in [1.807, 2.05) is 18.2 Å². The number of methoxy groups -OCH3 is 1. The first kappa shape index (κ1) is 18.7. The molecule has 5 nitrogen and oxygen atoms in total. The standard InChI is InChI=1S/C16H24N2O3.ClH/c1-20-11-10-17-8-9-18-16(19)14-4-2-3-5-15(14)21-12-13-6-7-13;/h2-5,13,17H,6-12H2,1H3,(H,18,19);1H. The summed E-state index contributed by atoms with van der Waals surface area (Å²) in [7, 11) is 1.67. The van der Waals surface area contributed by atoms with Crippen molar-refractivity contribution < 1.29 is 14.3 Å². The van der Waals surface area contributed by atoms with Crippen LogP contribution in [0.25, 0.3) is 0 Å². The van der Waals surface area contributed by atoms with Crippen LogP contribution in [0, 0.1) is 5.92 Å². The summed E-state index contributed by atoms with van der Waals surface area (Å²) in [6, 6.07) is 7.41. The number of halogens is 1. The van der Waals surface area contributed by atoms with E-state index < -0.39 is 0 Å². The molecule has 1 saturated carbocycles. The summed E-state index contributed by atoms with van der Waals surface area (Å²) in [6.45, 7) is 3.47. The predicted molar refractivity (Wildman–Crippen MR) is 89.0 cm³/mol. The van der Waals surface area contributed by atoms with Gasteiger partial charge in [0, 0.05) is 26.7 Å². The van der Waals surface area contributed by atoms with Crippen LogP contribution in [-0.4, -0.2) is 45.9 Å². The van der Waals surface area contributed by atoms with E-state index in [-0.39, 0.29) is 18.3 Å². The van der Waals surface area contributed by atoms with Crippen molar-refractivity contribution in [3.05, 3.63) is 29.8 Å². The molecule has 0 radical (unpaired) electrons. The molecule has 0 unspecified atom stereocenters.